The molecule has 1 aromatic heterocycles. The Morgan fingerprint density at radius 1 is 1.33 bits per heavy atom. The van der Waals surface area contributed by atoms with Gasteiger partial charge in [0, 0.05) is 13.0 Å². The Hall–Kier alpha value is -0.900. The highest BCUT2D eigenvalue weighted by atomic mass is 15.3. The van der Waals surface area contributed by atoms with Gasteiger partial charge in [0.25, 0.3) is 0 Å². The summed E-state index contributed by atoms with van der Waals surface area (Å²) in [6.07, 6.45) is 4.87. The van der Waals surface area contributed by atoms with Gasteiger partial charge in [-0.15, -0.1) is 10.2 Å². The largest absolute Gasteiger partial charge is 0.314 e. The van der Waals surface area contributed by atoms with Gasteiger partial charge in [0.05, 0.1) is 6.04 Å². The second-order valence-electron chi connectivity index (χ2n) is 6.70. The number of hydrogen-bond acceptors (Lipinski definition) is 3. The Morgan fingerprint density at radius 3 is 2.94 bits per heavy atom. The Balaban J connectivity index is 1.93. The first-order valence-corrected chi connectivity index (χ1v) is 7.23. The highest BCUT2D eigenvalue weighted by Gasteiger charge is 2.37. The van der Waals surface area contributed by atoms with Crippen LogP contribution in [0.25, 0.3) is 0 Å². The van der Waals surface area contributed by atoms with Crippen LogP contribution in [0.2, 0.25) is 0 Å². The van der Waals surface area contributed by atoms with Crippen LogP contribution in [0.15, 0.2) is 0 Å². The van der Waals surface area contributed by atoms with Crippen molar-refractivity contribution in [1.29, 1.82) is 0 Å². The average Bonchev–Trinajstić information content (AvgIpc) is 2.71. The van der Waals surface area contributed by atoms with E-state index in [1.807, 2.05) is 0 Å². The molecular weight excluding hydrogens is 224 g/mol. The zero-order valence-corrected chi connectivity index (χ0v) is 11.7. The normalized spacial score (nSPS) is 31.1. The fourth-order valence-corrected chi connectivity index (χ4v) is 3.37. The molecule has 2 unspecified atom stereocenters. The fourth-order valence-electron chi connectivity index (χ4n) is 3.37. The van der Waals surface area contributed by atoms with Gasteiger partial charge in [0.15, 0.2) is 5.82 Å². The lowest BCUT2D eigenvalue weighted by Gasteiger charge is -2.39. The van der Waals surface area contributed by atoms with E-state index in [9.17, 15) is 0 Å². The quantitative estimate of drug-likeness (QED) is 0.829. The van der Waals surface area contributed by atoms with Crippen molar-refractivity contribution in [1.82, 2.24) is 20.1 Å². The van der Waals surface area contributed by atoms with Crippen LogP contribution in [0.5, 0.6) is 0 Å². The Morgan fingerprint density at radius 2 is 2.17 bits per heavy atom. The maximum Gasteiger partial charge on any atom is 0.150 e. The summed E-state index contributed by atoms with van der Waals surface area (Å²) in [6.45, 7) is 9.19. The topological polar surface area (TPSA) is 42.7 Å². The molecule has 3 heterocycles. The molecule has 1 aromatic rings. The van der Waals surface area contributed by atoms with E-state index in [-0.39, 0.29) is 5.41 Å². The van der Waals surface area contributed by atoms with Crippen molar-refractivity contribution in [2.75, 3.05) is 6.54 Å². The highest BCUT2D eigenvalue weighted by Crippen LogP contribution is 2.40. The van der Waals surface area contributed by atoms with Crippen LogP contribution in [-0.2, 0) is 13.0 Å². The van der Waals surface area contributed by atoms with E-state index < -0.39 is 0 Å². The number of aromatic nitrogens is 3. The lowest BCUT2D eigenvalue weighted by atomic mass is 9.77. The van der Waals surface area contributed by atoms with Crippen molar-refractivity contribution in [2.45, 2.75) is 59.0 Å². The smallest absolute Gasteiger partial charge is 0.150 e. The van der Waals surface area contributed by atoms with Crippen LogP contribution in [0.4, 0.5) is 0 Å². The average molecular weight is 248 g/mol. The molecule has 0 radical (unpaired) electrons. The van der Waals surface area contributed by atoms with Gasteiger partial charge in [-0.05, 0) is 37.1 Å². The molecule has 1 saturated heterocycles. The van der Waals surface area contributed by atoms with Crippen LogP contribution in [-0.4, -0.2) is 21.3 Å². The summed E-state index contributed by atoms with van der Waals surface area (Å²) in [4.78, 5) is 0. The second-order valence-corrected chi connectivity index (χ2v) is 6.70. The first-order valence-electron chi connectivity index (χ1n) is 7.23. The van der Waals surface area contributed by atoms with Crippen molar-refractivity contribution in [3.63, 3.8) is 0 Å². The van der Waals surface area contributed by atoms with E-state index in [1.165, 1.54) is 30.9 Å². The molecule has 0 aromatic carbocycles. The first kappa shape index (κ1) is 12.2. The zero-order valence-electron chi connectivity index (χ0n) is 11.7. The van der Waals surface area contributed by atoms with Crippen LogP contribution < -0.4 is 5.32 Å². The van der Waals surface area contributed by atoms with Crippen LogP contribution >= 0.6 is 0 Å². The number of piperidine rings is 1. The summed E-state index contributed by atoms with van der Waals surface area (Å²) < 4.78 is 2.37. The number of nitrogens with one attached hydrogen (secondary N) is 1. The molecule has 100 valence electrons. The third-order valence-corrected chi connectivity index (χ3v) is 4.62. The standard InChI is InChI=1S/C14H24N4/c1-10-5-8-18-11(9-10)16-17-13(18)12-14(2,3)6-4-7-15-12/h10,12,15H,4-9H2,1-3H3. The Bertz CT molecular complexity index is 435. The van der Waals surface area contributed by atoms with Crippen LogP contribution in [0.1, 0.15) is 57.7 Å². The molecule has 0 amide bonds. The molecule has 0 bridgehead atoms. The summed E-state index contributed by atoms with van der Waals surface area (Å²) in [5.41, 5.74) is 0.283. The summed E-state index contributed by atoms with van der Waals surface area (Å²) in [7, 11) is 0. The fraction of sp³-hybridized carbons (Fsp3) is 0.857. The van der Waals surface area contributed by atoms with E-state index >= 15 is 0 Å². The maximum absolute atomic E-state index is 4.50. The Labute approximate surface area is 109 Å². The van der Waals surface area contributed by atoms with Crippen LogP contribution in [0, 0.1) is 11.3 Å². The molecule has 2 aliphatic rings. The third-order valence-electron chi connectivity index (χ3n) is 4.62. The molecular formula is C14H24N4. The van der Waals surface area contributed by atoms with Gasteiger partial charge in [0.1, 0.15) is 5.82 Å². The first-order chi connectivity index (χ1) is 8.58. The van der Waals surface area contributed by atoms with Gasteiger partial charge in [-0.2, -0.15) is 0 Å². The molecule has 4 heteroatoms. The minimum Gasteiger partial charge on any atom is -0.314 e. The maximum atomic E-state index is 4.50. The predicted molar refractivity (Wildman–Crippen MR) is 71.3 cm³/mol. The molecule has 0 aliphatic carbocycles. The number of rotatable bonds is 1. The summed E-state index contributed by atoms with van der Waals surface area (Å²) >= 11 is 0. The van der Waals surface area contributed by atoms with Crippen molar-refractivity contribution in [3.05, 3.63) is 11.6 Å². The summed E-state index contributed by atoms with van der Waals surface area (Å²) in [5, 5.41) is 12.6. The SMILES string of the molecule is CC1CCn2c(nnc2C2NCCCC2(C)C)C1. The molecule has 3 rings (SSSR count). The van der Waals surface area contributed by atoms with E-state index in [1.54, 1.807) is 0 Å². The highest BCUT2D eigenvalue weighted by molar-refractivity contribution is 5.09. The minimum absolute atomic E-state index is 0.283. The molecule has 0 spiro atoms. The van der Waals surface area contributed by atoms with Crippen LogP contribution in [0.3, 0.4) is 0 Å². The van der Waals surface area contributed by atoms with Crippen molar-refractivity contribution >= 4 is 0 Å². The van der Waals surface area contributed by atoms with Gasteiger partial charge >= 0.3 is 0 Å². The van der Waals surface area contributed by atoms with E-state index in [4.69, 9.17) is 0 Å². The summed E-state index contributed by atoms with van der Waals surface area (Å²) in [5.74, 6) is 3.11. The minimum atomic E-state index is 0.283. The number of nitrogens with zero attached hydrogens (tertiary/aromatic N) is 3. The molecule has 0 saturated carbocycles. The lowest BCUT2D eigenvalue weighted by Crippen LogP contribution is -2.41. The zero-order chi connectivity index (χ0) is 12.8. The second kappa shape index (κ2) is 4.34. The number of hydrogen-bond donors (Lipinski definition) is 1. The molecule has 4 nitrogen and oxygen atoms in total. The summed E-state index contributed by atoms with van der Waals surface area (Å²) in [6, 6.07) is 0.362. The van der Waals surface area contributed by atoms with Crippen molar-refractivity contribution in [3.8, 4) is 0 Å². The lowest BCUT2D eigenvalue weighted by molar-refractivity contribution is 0.168. The van der Waals surface area contributed by atoms with Crippen molar-refractivity contribution < 1.29 is 0 Å². The van der Waals surface area contributed by atoms with Gasteiger partial charge < -0.3 is 9.88 Å². The van der Waals surface area contributed by atoms with Gasteiger partial charge in [-0.1, -0.05) is 20.8 Å². The molecule has 1 fully saturated rings. The molecule has 18 heavy (non-hydrogen) atoms. The number of fused-ring (bicyclic) bond motifs is 1. The Kier molecular flexibility index (Phi) is 2.93. The van der Waals surface area contributed by atoms with Gasteiger partial charge in [-0.3, -0.25) is 0 Å². The monoisotopic (exact) mass is 248 g/mol. The molecule has 2 atom stereocenters. The third kappa shape index (κ3) is 1.96. The van der Waals surface area contributed by atoms with Crippen molar-refractivity contribution in [2.24, 2.45) is 11.3 Å². The van der Waals surface area contributed by atoms with Gasteiger partial charge in [0.2, 0.25) is 0 Å². The van der Waals surface area contributed by atoms with E-state index in [0.717, 1.165) is 25.4 Å². The van der Waals surface area contributed by atoms with E-state index in [0.29, 0.717) is 6.04 Å². The molecule has 2 aliphatic heterocycles. The van der Waals surface area contributed by atoms with Gasteiger partial charge in [-0.25, -0.2) is 0 Å². The molecule has 1 N–H and O–H groups in total. The predicted octanol–water partition coefficient (Wildman–Crippen LogP) is 2.31. The van der Waals surface area contributed by atoms with E-state index in [2.05, 4.69) is 40.9 Å².